The van der Waals surface area contributed by atoms with Crippen molar-refractivity contribution in [1.82, 2.24) is 10.3 Å². The van der Waals surface area contributed by atoms with Gasteiger partial charge in [-0.1, -0.05) is 30.7 Å². The average molecular weight is 608 g/mol. The van der Waals surface area contributed by atoms with E-state index < -0.39 is 12.3 Å². The molecule has 5 N–H and O–H groups in total. The van der Waals surface area contributed by atoms with Crippen molar-refractivity contribution in [1.29, 1.82) is 0 Å². The van der Waals surface area contributed by atoms with Crippen molar-refractivity contribution >= 4 is 68.4 Å². The predicted octanol–water partition coefficient (Wildman–Crippen LogP) is 2.42. The molecule has 0 saturated heterocycles. The Kier molecular flexibility index (Phi) is 24.0. The van der Waals surface area contributed by atoms with E-state index in [1.807, 2.05) is 0 Å². The Bertz CT molecular complexity index is 941. The maximum Gasteiger partial charge on any atom is 0.305 e. The van der Waals surface area contributed by atoms with Gasteiger partial charge in [0.15, 0.2) is 0 Å². The highest BCUT2D eigenvalue weighted by atomic mass is 35.5. The highest BCUT2D eigenvalue weighted by Crippen LogP contribution is 2.08. The lowest BCUT2D eigenvalue weighted by atomic mass is 10.1. The number of benzene rings is 1. The van der Waals surface area contributed by atoms with Crippen LogP contribution in [0.4, 0.5) is 0 Å². The number of carbonyl (C=O) groups is 5. The zero-order chi connectivity index (χ0) is 30.2. The standard InChI is InChI=1S/C19H21N3O4.C3H8N2O2.CH2Cl2.CH5OP/c1-14(16-8-6-15(13-23)7-9-16)20-21-17(24)5-3-2-4-12-22-18(25)10-11-19(22)26;1-2(6)7-3(4)5;2-1-3;1-2-3/h6-11,13H,2-5,12H2,1H3,(H,21,24);3H,4-5H2,1H3;1H2;3H2,1H3/b20-14+;;;. The Morgan fingerprint density at radius 3 is 2.00 bits per heavy atom. The number of ether oxygens (including phenoxy) is 1. The first-order chi connectivity index (χ1) is 18.5. The molecule has 218 valence electrons. The van der Waals surface area contributed by atoms with Crippen LogP contribution in [-0.2, 0) is 28.4 Å². The Balaban J connectivity index is 0. The summed E-state index contributed by atoms with van der Waals surface area (Å²) >= 11 is 9.53. The van der Waals surface area contributed by atoms with E-state index in [0.717, 1.165) is 18.3 Å². The Morgan fingerprint density at radius 2 is 1.59 bits per heavy atom. The number of nitrogens with one attached hydrogen (secondary N) is 1. The maximum atomic E-state index is 11.8. The van der Waals surface area contributed by atoms with Crippen LogP contribution in [0, 0.1) is 0 Å². The van der Waals surface area contributed by atoms with Crippen molar-refractivity contribution in [3.63, 3.8) is 0 Å². The highest BCUT2D eigenvalue weighted by molar-refractivity contribution is 7.09. The van der Waals surface area contributed by atoms with E-state index in [9.17, 15) is 24.0 Å². The van der Waals surface area contributed by atoms with Gasteiger partial charge in [0.05, 0.1) is 11.1 Å². The summed E-state index contributed by atoms with van der Waals surface area (Å²) in [5.74, 6) is -1.21. The molecule has 1 aliphatic heterocycles. The van der Waals surface area contributed by atoms with Crippen LogP contribution in [-0.4, -0.2) is 65.9 Å². The molecule has 1 aromatic carbocycles. The molecule has 1 aromatic rings. The number of hydrazone groups is 1. The van der Waals surface area contributed by atoms with E-state index in [2.05, 4.69) is 29.3 Å². The molecule has 0 radical (unpaired) electrons. The molecule has 0 aromatic heterocycles. The van der Waals surface area contributed by atoms with Gasteiger partial charge in [0.25, 0.3) is 11.8 Å². The SMILES string of the molecule is C/C(=N\NC(=O)CCCCCN1C(=O)C=CC1=O)c1ccc(C=O)cc1.CC(=O)OC(N)N.COP.ClCCl. The second kappa shape index (κ2) is 24.3. The number of esters is 1. The van der Waals surface area contributed by atoms with Gasteiger partial charge in [0.2, 0.25) is 12.3 Å². The molecule has 0 aliphatic carbocycles. The van der Waals surface area contributed by atoms with Gasteiger partial charge in [-0.05, 0) is 34.8 Å². The van der Waals surface area contributed by atoms with Crippen molar-refractivity contribution < 1.29 is 33.2 Å². The molecular weight excluding hydrogens is 572 g/mol. The molecule has 1 atom stereocenters. The number of rotatable bonds is 10. The molecule has 1 unspecified atom stereocenters. The van der Waals surface area contributed by atoms with E-state index in [0.29, 0.717) is 37.1 Å². The summed E-state index contributed by atoms with van der Waals surface area (Å²) < 4.78 is 8.33. The van der Waals surface area contributed by atoms with Gasteiger partial charge in [0, 0.05) is 44.7 Å². The molecule has 15 heteroatoms. The number of hydrogen-bond acceptors (Lipinski definition) is 10. The minimum atomic E-state index is -0.975. The number of halogens is 2. The lowest BCUT2D eigenvalue weighted by Crippen LogP contribution is -2.34. The first kappa shape index (κ1) is 38.4. The zero-order valence-corrected chi connectivity index (χ0v) is 24.8. The summed E-state index contributed by atoms with van der Waals surface area (Å²) in [5.41, 5.74) is 14.2. The van der Waals surface area contributed by atoms with Crippen LogP contribution in [0.3, 0.4) is 0 Å². The van der Waals surface area contributed by atoms with Gasteiger partial charge in [-0.15, -0.1) is 23.2 Å². The quantitative estimate of drug-likeness (QED) is 0.0413. The van der Waals surface area contributed by atoms with Crippen molar-refractivity contribution in [2.75, 3.05) is 19.0 Å². The number of nitrogens with two attached hydrogens (primary N) is 2. The lowest BCUT2D eigenvalue weighted by molar-refractivity contribution is -0.145. The van der Waals surface area contributed by atoms with Gasteiger partial charge >= 0.3 is 5.97 Å². The number of amides is 3. The van der Waals surface area contributed by atoms with Crippen molar-refractivity contribution in [3.8, 4) is 0 Å². The molecule has 1 aliphatic rings. The van der Waals surface area contributed by atoms with Crippen LogP contribution in [0.2, 0.25) is 0 Å². The third kappa shape index (κ3) is 20.9. The third-order valence-electron chi connectivity index (χ3n) is 4.30. The second-order valence-corrected chi connectivity index (χ2v) is 8.63. The van der Waals surface area contributed by atoms with E-state index in [1.165, 1.54) is 24.0 Å². The van der Waals surface area contributed by atoms with Gasteiger partial charge in [-0.2, -0.15) is 5.10 Å². The number of carbonyl (C=O) groups excluding carboxylic acids is 5. The first-order valence-corrected chi connectivity index (χ1v) is 13.0. The molecule has 1 heterocycles. The molecular formula is C24H36Cl2N5O7P. The largest absolute Gasteiger partial charge is 0.434 e. The van der Waals surface area contributed by atoms with Crippen molar-refractivity contribution in [3.05, 3.63) is 47.5 Å². The van der Waals surface area contributed by atoms with Crippen LogP contribution in [0.1, 0.15) is 55.5 Å². The van der Waals surface area contributed by atoms with Crippen LogP contribution >= 0.6 is 32.7 Å². The van der Waals surface area contributed by atoms with Crippen LogP contribution < -0.4 is 16.9 Å². The fraction of sp³-hybridized carbons (Fsp3) is 0.417. The minimum Gasteiger partial charge on any atom is -0.434 e. The molecule has 3 amide bonds. The van der Waals surface area contributed by atoms with E-state index in [1.54, 1.807) is 38.3 Å². The number of nitrogens with zero attached hydrogens (tertiary/aromatic N) is 2. The number of imide groups is 1. The molecule has 0 spiro atoms. The molecule has 2 rings (SSSR count). The fourth-order valence-electron chi connectivity index (χ4n) is 2.64. The van der Waals surface area contributed by atoms with Crippen LogP contribution in [0.25, 0.3) is 0 Å². The van der Waals surface area contributed by atoms with Crippen molar-refractivity contribution in [2.45, 2.75) is 45.9 Å². The average Bonchev–Trinajstić information content (AvgIpc) is 3.20. The summed E-state index contributed by atoms with van der Waals surface area (Å²) in [7, 11) is 3.67. The zero-order valence-electron chi connectivity index (χ0n) is 22.1. The summed E-state index contributed by atoms with van der Waals surface area (Å²) in [5, 5.41) is 4.25. The topological polar surface area (TPSA) is 183 Å². The third-order valence-corrected chi connectivity index (χ3v) is 4.30. The maximum absolute atomic E-state index is 11.8. The predicted molar refractivity (Wildman–Crippen MR) is 154 cm³/mol. The summed E-state index contributed by atoms with van der Waals surface area (Å²) in [6.07, 6.45) is 4.70. The normalized spacial score (nSPS) is 11.9. The number of hydrogen-bond donors (Lipinski definition) is 3. The van der Waals surface area contributed by atoms with Gasteiger partial charge in [0.1, 0.15) is 6.29 Å². The van der Waals surface area contributed by atoms with Gasteiger partial charge in [-0.3, -0.25) is 40.3 Å². The van der Waals surface area contributed by atoms with Crippen LogP contribution in [0.5, 0.6) is 0 Å². The Hall–Kier alpha value is -2.73. The summed E-state index contributed by atoms with van der Waals surface area (Å²) in [4.78, 5) is 56.3. The van der Waals surface area contributed by atoms with Crippen LogP contribution in [0.15, 0.2) is 41.5 Å². The smallest absolute Gasteiger partial charge is 0.305 e. The Morgan fingerprint density at radius 1 is 1.08 bits per heavy atom. The number of aldehydes is 1. The molecule has 0 fully saturated rings. The van der Waals surface area contributed by atoms with Crippen molar-refractivity contribution in [2.24, 2.45) is 16.6 Å². The summed E-state index contributed by atoms with van der Waals surface area (Å²) in [6.45, 7) is 3.39. The minimum absolute atomic E-state index is 0.191. The number of unbranched alkanes of at least 4 members (excludes halogenated alkanes) is 2. The van der Waals surface area contributed by atoms with E-state index >= 15 is 0 Å². The fourth-order valence-corrected chi connectivity index (χ4v) is 2.64. The Labute approximate surface area is 240 Å². The molecule has 0 bridgehead atoms. The number of alkyl halides is 2. The van der Waals surface area contributed by atoms with Gasteiger partial charge < -0.3 is 9.26 Å². The highest BCUT2D eigenvalue weighted by Gasteiger charge is 2.22. The molecule has 0 saturated carbocycles. The van der Waals surface area contributed by atoms with E-state index in [-0.39, 0.29) is 23.1 Å². The molecule has 12 nitrogen and oxygen atoms in total. The monoisotopic (exact) mass is 607 g/mol. The lowest BCUT2D eigenvalue weighted by Gasteiger charge is -2.12. The second-order valence-electron chi connectivity index (χ2n) is 7.35. The van der Waals surface area contributed by atoms with Gasteiger partial charge in [-0.25, -0.2) is 5.43 Å². The first-order valence-electron chi connectivity index (χ1n) is 11.4. The molecule has 39 heavy (non-hydrogen) atoms. The van der Waals surface area contributed by atoms with E-state index in [4.69, 9.17) is 34.7 Å². The summed E-state index contributed by atoms with van der Waals surface area (Å²) in [6, 6.07) is 6.91.